The van der Waals surface area contributed by atoms with Crippen molar-refractivity contribution in [3.05, 3.63) is 35.2 Å². The number of hydrogen-bond donors (Lipinski definition) is 1. The molecule has 0 spiro atoms. The van der Waals surface area contributed by atoms with Gasteiger partial charge in [-0.05, 0) is 22.0 Å². The van der Waals surface area contributed by atoms with Crippen LogP contribution in [0.1, 0.15) is 0 Å². The first-order valence-electron chi connectivity index (χ1n) is 6.84. The summed E-state index contributed by atoms with van der Waals surface area (Å²) in [4.78, 5) is 19.3. The molecular weight excluding hydrogens is 360 g/mol. The van der Waals surface area contributed by atoms with Crippen molar-refractivity contribution in [3.8, 4) is 5.88 Å². The number of aromatic nitrogens is 4. The quantitative estimate of drug-likeness (QED) is 0.751. The Morgan fingerprint density at radius 1 is 1.17 bits per heavy atom. The Balaban J connectivity index is 1.99. The van der Waals surface area contributed by atoms with E-state index < -0.39 is 0 Å². The highest BCUT2D eigenvalue weighted by Gasteiger charge is 2.10. The van der Waals surface area contributed by atoms with Gasteiger partial charge >= 0.3 is 0 Å². The van der Waals surface area contributed by atoms with Crippen LogP contribution in [0, 0.1) is 0 Å². The molecule has 0 unspecified atom stereocenters. The lowest BCUT2D eigenvalue weighted by molar-refractivity contribution is 0.402. The number of ether oxygens (including phenoxy) is 1. The van der Waals surface area contributed by atoms with E-state index in [1.54, 1.807) is 25.7 Å². The summed E-state index contributed by atoms with van der Waals surface area (Å²) in [6, 6.07) is 3.78. The Morgan fingerprint density at radius 3 is 2.74 bits per heavy atom. The second-order valence-electron chi connectivity index (χ2n) is 4.99. The van der Waals surface area contributed by atoms with Gasteiger partial charge < -0.3 is 15.0 Å². The maximum absolute atomic E-state index is 5.27. The monoisotopic (exact) mass is 374 g/mol. The van der Waals surface area contributed by atoms with Crippen LogP contribution in [0.5, 0.6) is 5.88 Å². The number of rotatable bonds is 4. The van der Waals surface area contributed by atoms with Crippen molar-refractivity contribution in [2.75, 3.05) is 31.4 Å². The van der Waals surface area contributed by atoms with Crippen molar-refractivity contribution >= 4 is 44.3 Å². The third-order valence-corrected chi connectivity index (χ3v) is 3.83. The number of halogens is 1. The molecule has 1 N–H and O–H groups in total. The van der Waals surface area contributed by atoms with E-state index in [1.807, 2.05) is 31.1 Å². The lowest BCUT2D eigenvalue weighted by Gasteiger charge is -2.13. The largest absolute Gasteiger partial charge is 0.479 e. The van der Waals surface area contributed by atoms with E-state index in [0.717, 1.165) is 21.4 Å². The third kappa shape index (κ3) is 3.16. The molecule has 0 bridgehead atoms. The molecule has 3 aromatic rings. The van der Waals surface area contributed by atoms with Crippen LogP contribution in [0.3, 0.4) is 0 Å². The van der Waals surface area contributed by atoms with Gasteiger partial charge in [-0.2, -0.15) is 0 Å². The molecule has 23 heavy (non-hydrogen) atoms. The standard InChI is InChI=1S/C15H15BrN6O/c1-22(2)12-6-9(4-5-17-12)20-15-19-7-10-11(16)8-18-14(23-3)13(10)21-15/h4-8H,1-3H3,(H,17,19,20,21). The summed E-state index contributed by atoms with van der Waals surface area (Å²) >= 11 is 3.44. The molecule has 0 aromatic carbocycles. The molecule has 0 atom stereocenters. The van der Waals surface area contributed by atoms with Crippen LogP contribution in [0.2, 0.25) is 0 Å². The van der Waals surface area contributed by atoms with Gasteiger partial charge in [0.05, 0.1) is 7.11 Å². The van der Waals surface area contributed by atoms with Gasteiger partial charge in [-0.25, -0.2) is 19.9 Å². The van der Waals surface area contributed by atoms with Crippen LogP contribution < -0.4 is 15.0 Å². The number of anilines is 3. The molecule has 0 aliphatic carbocycles. The molecule has 0 fully saturated rings. The fraction of sp³-hybridized carbons (Fsp3) is 0.200. The number of methoxy groups -OCH3 is 1. The molecule has 0 radical (unpaired) electrons. The summed E-state index contributed by atoms with van der Waals surface area (Å²) in [5.74, 6) is 1.77. The van der Waals surface area contributed by atoms with Crippen molar-refractivity contribution in [1.82, 2.24) is 19.9 Å². The zero-order chi connectivity index (χ0) is 16.4. The SMILES string of the molecule is COc1ncc(Br)c2cnc(Nc3ccnc(N(C)C)c3)nc12. The van der Waals surface area contributed by atoms with Crippen LogP contribution in [-0.4, -0.2) is 41.1 Å². The first kappa shape index (κ1) is 15.4. The van der Waals surface area contributed by atoms with Gasteiger partial charge in [-0.15, -0.1) is 0 Å². The number of hydrogen-bond acceptors (Lipinski definition) is 7. The molecule has 0 aliphatic heterocycles. The molecule has 3 heterocycles. The van der Waals surface area contributed by atoms with Gasteiger partial charge in [-0.1, -0.05) is 0 Å². The number of nitrogens with zero attached hydrogens (tertiary/aromatic N) is 5. The summed E-state index contributed by atoms with van der Waals surface area (Å²) in [5, 5.41) is 4.01. The summed E-state index contributed by atoms with van der Waals surface area (Å²) in [6.07, 6.45) is 5.13. The van der Waals surface area contributed by atoms with Crippen LogP contribution in [0.15, 0.2) is 35.2 Å². The number of fused-ring (bicyclic) bond motifs is 1. The van der Waals surface area contributed by atoms with Gasteiger partial charge in [0, 0.05) is 54.3 Å². The summed E-state index contributed by atoms with van der Waals surface area (Å²) < 4.78 is 6.09. The van der Waals surface area contributed by atoms with E-state index in [0.29, 0.717) is 17.3 Å². The normalized spacial score (nSPS) is 10.6. The third-order valence-electron chi connectivity index (χ3n) is 3.20. The number of nitrogens with one attached hydrogen (secondary N) is 1. The van der Waals surface area contributed by atoms with Gasteiger partial charge in [0.2, 0.25) is 11.8 Å². The van der Waals surface area contributed by atoms with Crippen molar-refractivity contribution in [2.45, 2.75) is 0 Å². The Kier molecular flexibility index (Phi) is 4.24. The highest BCUT2D eigenvalue weighted by Crippen LogP contribution is 2.28. The molecule has 3 aromatic heterocycles. The van der Waals surface area contributed by atoms with Crippen molar-refractivity contribution in [2.24, 2.45) is 0 Å². The van der Waals surface area contributed by atoms with Crippen LogP contribution >= 0.6 is 15.9 Å². The molecule has 7 nitrogen and oxygen atoms in total. The maximum Gasteiger partial charge on any atom is 0.240 e. The van der Waals surface area contributed by atoms with Gasteiger partial charge in [-0.3, -0.25) is 0 Å². The molecule has 0 saturated carbocycles. The molecule has 3 rings (SSSR count). The Labute approximate surface area is 141 Å². The zero-order valence-electron chi connectivity index (χ0n) is 12.9. The summed E-state index contributed by atoms with van der Waals surface area (Å²) in [6.45, 7) is 0. The average molecular weight is 375 g/mol. The second-order valence-corrected chi connectivity index (χ2v) is 5.85. The molecule has 0 aliphatic rings. The van der Waals surface area contributed by atoms with Crippen LogP contribution in [-0.2, 0) is 0 Å². The smallest absolute Gasteiger partial charge is 0.240 e. The van der Waals surface area contributed by atoms with Gasteiger partial charge in [0.1, 0.15) is 11.3 Å². The van der Waals surface area contributed by atoms with Gasteiger partial charge in [0.15, 0.2) is 0 Å². The molecule has 0 amide bonds. The number of pyridine rings is 2. The minimum Gasteiger partial charge on any atom is -0.479 e. The Hall–Kier alpha value is -2.48. The minimum atomic E-state index is 0.456. The predicted molar refractivity (Wildman–Crippen MR) is 93.4 cm³/mol. The molecular formula is C15H15BrN6O. The lowest BCUT2D eigenvalue weighted by Crippen LogP contribution is -2.10. The Morgan fingerprint density at radius 2 is 2.00 bits per heavy atom. The first-order valence-corrected chi connectivity index (χ1v) is 7.63. The fourth-order valence-corrected chi connectivity index (χ4v) is 2.44. The lowest BCUT2D eigenvalue weighted by atomic mass is 10.3. The second kappa shape index (κ2) is 6.33. The molecule has 0 saturated heterocycles. The van der Waals surface area contributed by atoms with Crippen LogP contribution in [0.25, 0.3) is 10.9 Å². The predicted octanol–water partition coefficient (Wildman–Crippen LogP) is 3.00. The average Bonchev–Trinajstić information content (AvgIpc) is 2.55. The zero-order valence-corrected chi connectivity index (χ0v) is 14.5. The maximum atomic E-state index is 5.27. The topological polar surface area (TPSA) is 76.1 Å². The highest BCUT2D eigenvalue weighted by atomic mass is 79.9. The van der Waals surface area contributed by atoms with E-state index in [2.05, 4.69) is 41.2 Å². The van der Waals surface area contributed by atoms with E-state index in [1.165, 1.54) is 0 Å². The molecule has 8 heteroatoms. The summed E-state index contributed by atoms with van der Waals surface area (Å²) in [7, 11) is 5.44. The Bertz CT molecular complexity index is 854. The van der Waals surface area contributed by atoms with E-state index >= 15 is 0 Å². The molecule has 118 valence electrons. The van der Waals surface area contributed by atoms with E-state index in [9.17, 15) is 0 Å². The summed E-state index contributed by atoms with van der Waals surface area (Å²) in [5.41, 5.74) is 1.49. The minimum absolute atomic E-state index is 0.456. The highest BCUT2D eigenvalue weighted by molar-refractivity contribution is 9.10. The fourth-order valence-electron chi connectivity index (χ4n) is 2.05. The van der Waals surface area contributed by atoms with Crippen molar-refractivity contribution in [3.63, 3.8) is 0 Å². The van der Waals surface area contributed by atoms with Gasteiger partial charge in [0.25, 0.3) is 0 Å². The van der Waals surface area contributed by atoms with E-state index in [-0.39, 0.29) is 0 Å². The van der Waals surface area contributed by atoms with E-state index in [4.69, 9.17) is 4.74 Å². The van der Waals surface area contributed by atoms with Crippen molar-refractivity contribution < 1.29 is 4.74 Å². The van der Waals surface area contributed by atoms with Crippen LogP contribution in [0.4, 0.5) is 17.5 Å². The van der Waals surface area contributed by atoms with Crippen molar-refractivity contribution in [1.29, 1.82) is 0 Å². The first-order chi connectivity index (χ1) is 11.1.